The van der Waals surface area contributed by atoms with Crippen LogP contribution in [0.1, 0.15) is 83.5 Å². The van der Waals surface area contributed by atoms with E-state index in [0.29, 0.717) is 35.7 Å². The molecule has 0 fully saturated rings. The molecule has 7 nitrogen and oxygen atoms in total. The van der Waals surface area contributed by atoms with Gasteiger partial charge in [0.25, 0.3) is 5.91 Å². The van der Waals surface area contributed by atoms with E-state index in [1.165, 1.54) is 0 Å². The van der Waals surface area contributed by atoms with E-state index in [0.717, 1.165) is 17.5 Å². The number of nitrogens with one attached hydrogen (secondary N) is 2. The van der Waals surface area contributed by atoms with Crippen LogP contribution in [0.4, 0.5) is 10.5 Å². The summed E-state index contributed by atoms with van der Waals surface area (Å²) in [7, 11) is 0. The summed E-state index contributed by atoms with van der Waals surface area (Å²) in [5.74, 6) is -0.598. The first-order valence-corrected chi connectivity index (χ1v) is 14.0. The Kier molecular flexibility index (Phi) is 11.8. The number of para-hydroxylation sites is 1. The van der Waals surface area contributed by atoms with Crippen LogP contribution >= 0.6 is 11.6 Å². The summed E-state index contributed by atoms with van der Waals surface area (Å²) < 4.78 is 5.46. The van der Waals surface area contributed by atoms with E-state index in [2.05, 4.69) is 10.6 Å². The molecule has 2 N–H and O–H groups in total. The van der Waals surface area contributed by atoms with Crippen molar-refractivity contribution in [1.82, 2.24) is 10.2 Å². The molecular weight excluding hydrogens is 514 g/mol. The molecule has 0 saturated carbocycles. The van der Waals surface area contributed by atoms with E-state index in [-0.39, 0.29) is 17.7 Å². The number of hydrogen-bond acceptors (Lipinski definition) is 4. The molecular formula is C31H44ClN3O4. The Labute approximate surface area is 238 Å². The van der Waals surface area contributed by atoms with Crippen molar-refractivity contribution in [3.8, 4) is 0 Å². The van der Waals surface area contributed by atoms with Crippen LogP contribution in [-0.4, -0.2) is 41.0 Å². The van der Waals surface area contributed by atoms with Gasteiger partial charge in [0.15, 0.2) is 0 Å². The average Bonchev–Trinajstić information content (AvgIpc) is 2.82. The smallest absolute Gasteiger partial charge is 0.408 e. The summed E-state index contributed by atoms with van der Waals surface area (Å²) in [6.07, 6.45) is 1.24. The Hall–Kier alpha value is -3.06. The number of amides is 3. The highest BCUT2D eigenvalue weighted by Crippen LogP contribution is 2.30. The number of benzene rings is 2. The molecule has 3 amide bonds. The van der Waals surface area contributed by atoms with E-state index in [9.17, 15) is 14.4 Å². The third-order valence-electron chi connectivity index (χ3n) is 6.16. The molecule has 2 aromatic carbocycles. The summed E-state index contributed by atoms with van der Waals surface area (Å²) >= 11 is 6.43. The quantitative estimate of drug-likeness (QED) is 0.305. The van der Waals surface area contributed by atoms with Gasteiger partial charge in [-0.05, 0) is 70.6 Å². The number of ether oxygens (including phenoxy) is 1. The highest BCUT2D eigenvalue weighted by atomic mass is 35.5. The van der Waals surface area contributed by atoms with Gasteiger partial charge in [-0.25, -0.2) is 4.79 Å². The van der Waals surface area contributed by atoms with Gasteiger partial charge in [0.05, 0.1) is 10.7 Å². The highest BCUT2D eigenvalue weighted by molar-refractivity contribution is 6.34. The van der Waals surface area contributed by atoms with E-state index in [1.807, 2.05) is 71.0 Å². The predicted molar refractivity (Wildman–Crippen MR) is 158 cm³/mol. The third-order valence-corrected chi connectivity index (χ3v) is 6.47. The van der Waals surface area contributed by atoms with Gasteiger partial charge in [0.2, 0.25) is 5.91 Å². The van der Waals surface area contributed by atoms with E-state index in [4.69, 9.17) is 16.3 Å². The van der Waals surface area contributed by atoms with E-state index in [1.54, 1.807) is 31.7 Å². The molecule has 2 rings (SSSR count). The van der Waals surface area contributed by atoms with Crippen molar-refractivity contribution < 1.29 is 19.1 Å². The molecule has 0 aliphatic rings. The summed E-state index contributed by atoms with van der Waals surface area (Å²) in [6, 6.07) is 11.2. The number of halogens is 1. The molecule has 0 radical (unpaired) electrons. The van der Waals surface area contributed by atoms with Crippen LogP contribution in [0.2, 0.25) is 5.02 Å². The van der Waals surface area contributed by atoms with Gasteiger partial charge in [-0.2, -0.15) is 0 Å². The van der Waals surface area contributed by atoms with Gasteiger partial charge < -0.3 is 20.3 Å². The second-order valence-corrected chi connectivity index (χ2v) is 11.9. The summed E-state index contributed by atoms with van der Waals surface area (Å²) in [6.45, 7) is 15.5. The Morgan fingerprint density at radius 1 is 1.03 bits per heavy atom. The largest absolute Gasteiger partial charge is 0.444 e. The van der Waals surface area contributed by atoms with E-state index < -0.39 is 23.8 Å². The third kappa shape index (κ3) is 9.88. The van der Waals surface area contributed by atoms with Gasteiger partial charge in [-0.15, -0.1) is 0 Å². The van der Waals surface area contributed by atoms with E-state index >= 15 is 0 Å². The van der Waals surface area contributed by atoms with Gasteiger partial charge in [0.1, 0.15) is 17.7 Å². The molecule has 8 heteroatoms. The van der Waals surface area contributed by atoms with Gasteiger partial charge in [-0.1, -0.05) is 80.8 Å². The maximum Gasteiger partial charge on any atom is 0.408 e. The van der Waals surface area contributed by atoms with Crippen molar-refractivity contribution in [3.05, 3.63) is 64.2 Å². The van der Waals surface area contributed by atoms with Crippen LogP contribution in [0.5, 0.6) is 0 Å². The van der Waals surface area contributed by atoms with Crippen molar-refractivity contribution in [2.75, 3.05) is 11.9 Å². The molecule has 0 saturated heterocycles. The lowest BCUT2D eigenvalue weighted by Gasteiger charge is -2.35. The Balaban J connectivity index is 2.55. The van der Waals surface area contributed by atoms with Crippen molar-refractivity contribution >= 4 is 35.2 Å². The van der Waals surface area contributed by atoms with Gasteiger partial charge in [0, 0.05) is 6.54 Å². The van der Waals surface area contributed by atoms with Crippen LogP contribution in [0.15, 0.2) is 42.5 Å². The molecule has 0 aliphatic carbocycles. The molecule has 214 valence electrons. The lowest BCUT2D eigenvalue weighted by atomic mass is 9.98. The van der Waals surface area contributed by atoms with Crippen LogP contribution in [0, 0.1) is 19.8 Å². The fourth-order valence-electron chi connectivity index (χ4n) is 4.24. The number of unbranched alkanes of at least 4 members (excludes halogenated alkanes) is 1. The number of anilines is 1. The number of carbonyl (C=O) groups excluding carboxylic acids is 3. The monoisotopic (exact) mass is 557 g/mol. The Bertz CT molecular complexity index is 1110. The van der Waals surface area contributed by atoms with Crippen molar-refractivity contribution in [3.63, 3.8) is 0 Å². The zero-order chi connectivity index (χ0) is 29.3. The first-order valence-electron chi connectivity index (χ1n) is 13.7. The molecule has 0 heterocycles. The van der Waals surface area contributed by atoms with Crippen LogP contribution in [0.3, 0.4) is 0 Å². The molecule has 2 aromatic rings. The first kappa shape index (κ1) is 32.2. The van der Waals surface area contributed by atoms with Crippen LogP contribution in [0.25, 0.3) is 0 Å². The molecule has 0 spiro atoms. The minimum atomic E-state index is -0.935. The highest BCUT2D eigenvalue weighted by Gasteiger charge is 2.36. The van der Waals surface area contributed by atoms with Crippen LogP contribution < -0.4 is 10.6 Å². The second-order valence-electron chi connectivity index (χ2n) is 11.4. The molecule has 0 bridgehead atoms. The van der Waals surface area contributed by atoms with Gasteiger partial charge in [-0.3, -0.25) is 9.59 Å². The molecule has 0 aliphatic heterocycles. The fourth-order valence-corrected chi connectivity index (χ4v) is 4.51. The standard InChI is InChI=1S/C31H44ClN3O4/c1-9-10-18-35(29(37)25(19-20(2)3)33-30(38)39-31(6,7)8)27(23-16-14-21(4)15-17-23)28(36)34-26-22(5)12-11-13-24(26)32/h11-17,20,25,27H,9-10,18-19H2,1-8H3,(H,33,38)(H,34,36). The SMILES string of the molecule is CCCCN(C(=O)C(CC(C)C)NC(=O)OC(C)(C)C)C(C(=O)Nc1c(C)cccc1Cl)c1ccc(C)cc1. The minimum Gasteiger partial charge on any atom is -0.444 e. The summed E-state index contributed by atoms with van der Waals surface area (Å²) in [4.78, 5) is 42.5. The fraction of sp³-hybridized carbons (Fsp3) is 0.516. The van der Waals surface area contributed by atoms with Crippen molar-refractivity contribution in [2.24, 2.45) is 5.92 Å². The Morgan fingerprint density at radius 3 is 2.21 bits per heavy atom. The zero-order valence-corrected chi connectivity index (χ0v) is 25.3. The minimum absolute atomic E-state index is 0.110. The first-order chi connectivity index (χ1) is 18.2. The molecule has 0 aromatic heterocycles. The Morgan fingerprint density at radius 2 is 1.67 bits per heavy atom. The van der Waals surface area contributed by atoms with Gasteiger partial charge >= 0.3 is 6.09 Å². The average molecular weight is 558 g/mol. The topological polar surface area (TPSA) is 87.7 Å². The lowest BCUT2D eigenvalue weighted by Crippen LogP contribution is -2.53. The van der Waals surface area contributed by atoms with Crippen molar-refractivity contribution in [1.29, 1.82) is 0 Å². The number of nitrogens with zero attached hydrogens (tertiary/aromatic N) is 1. The predicted octanol–water partition coefficient (Wildman–Crippen LogP) is 7.20. The van der Waals surface area contributed by atoms with Crippen LogP contribution in [-0.2, 0) is 14.3 Å². The number of hydrogen-bond donors (Lipinski definition) is 2. The lowest BCUT2D eigenvalue weighted by molar-refractivity contribution is -0.141. The number of rotatable bonds is 11. The molecule has 2 unspecified atom stereocenters. The number of carbonyl (C=O) groups is 3. The molecule has 2 atom stereocenters. The normalized spacial score (nSPS) is 13.0. The summed E-state index contributed by atoms with van der Waals surface area (Å²) in [5, 5.41) is 6.18. The number of aryl methyl sites for hydroxylation is 2. The zero-order valence-electron chi connectivity index (χ0n) is 24.6. The summed E-state index contributed by atoms with van der Waals surface area (Å²) in [5.41, 5.74) is 2.32. The molecule has 39 heavy (non-hydrogen) atoms. The number of alkyl carbamates (subject to hydrolysis) is 1. The maximum absolute atomic E-state index is 14.2. The maximum atomic E-state index is 14.2. The van der Waals surface area contributed by atoms with Crippen molar-refractivity contribution in [2.45, 2.75) is 92.3 Å². The second kappa shape index (κ2) is 14.4.